The first-order valence-corrected chi connectivity index (χ1v) is 6.35. The zero-order valence-electron chi connectivity index (χ0n) is 10.1. The van der Waals surface area contributed by atoms with Crippen molar-refractivity contribution in [3.8, 4) is 5.88 Å². The number of ether oxygens (including phenoxy) is 1. The SMILES string of the molecule is COc1nc(NC(C2CC2)C2CC2)ccc1N. The summed E-state index contributed by atoms with van der Waals surface area (Å²) in [6.07, 6.45) is 5.45. The van der Waals surface area contributed by atoms with Gasteiger partial charge in [-0.25, -0.2) is 0 Å². The van der Waals surface area contributed by atoms with Crippen LogP contribution in [0.3, 0.4) is 0 Å². The summed E-state index contributed by atoms with van der Waals surface area (Å²) < 4.78 is 5.14. The molecule has 92 valence electrons. The van der Waals surface area contributed by atoms with Crippen LogP contribution in [0.5, 0.6) is 5.88 Å². The number of nitrogens with one attached hydrogen (secondary N) is 1. The number of methoxy groups -OCH3 is 1. The van der Waals surface area contributed by atoms with Crippen molar-refractivity contribution in [2.45, 2.75) is 31.7 Å². The highest BCUT2D eigenvalue weighted by Gasteiger charge is 2.41. The van der Waals surface area contributed by atoms with Crippen molar-refractivity contribution in [1.82, 2.24) is 4.98 Å². The molecule has 0 aromatic carbocycles. The van der Waals surface area contributed by atoms with Crippen LogP contribution in [-0.2, 0) is 0 Å². The molecule has 0 aliphatic heterocycles. The normalized spacial score (nSPS) is 19.4. The molecule has 17 heavy (non-hydrogen) atoms. The summed E-state index contributed by atoms with van der Waals surface area (Å²) in [7, 11) is 1.60. The fraction of sp³-hybridized carbons (Fsp3) is 0.615. The van der Waals surface area contributed by atoms with E-state index in [2.05, 4.69) is 10.3 Å². The number of hydrogen-bond donors (Lipinski definition) is 2. The minimum Gasteiger partial charge on any atom is -0.479 e. The Bertz CT molecular complexity index is 401. The van der Waals surface area contributed by atoms with Crippen molar-refractivity contribution in [3.63, 3.8) is 0 Å². The molecule has 4 heteroatoms. The van der Waals surface area contributed by atoms with Gasteiger partial charge < -0.3 is 15.8 Å². The molecule has 0 saturated heterocycles. The molecule has 0 bridgehead atoms. The molecule has 2 aliphatic carbocycles. The third-order valence-corrected chi connectivity index (χ3v) is 3.66. The van der Waals surface area contributed by atoms with Gasteiger partial charge in [-0.2, -0.15) is 4.98 Å². The van der Waals surface area contributed by atoms with E-state index in [0.717, 1.165) is 17.7 Å². The molecule has 0 spiro atoms. The van der Waals surface area contributed by atoms with Crippen molar-refractivity contribution in [3.05, 3.63) is 12.1 Å². The van der Waals surface area contributed by atoms with Gasteiger partial charge in [-0.3, -0.25) is 0 Å². The predicted molar refractivity (Wildman–Crippen MR) is 68.1 cm³/mol. The molecule has 0 radical (unpaired) electrons. The maximum Gasteiger partial charge on any atom is 0.238 e. The summed E-state index contributed by atoms with van der Waals surface area (Å²) >= 11 is 0. The first-order valence-electron chi connectivity index (χ1n) is 6.35. The summed E-state index contributed by atoms with van der Waals surface area (Å²) in [4.78, 5) is 4.39. The lowest BCUT2D eigenvalue weighted by molar-refractivity contribution is 0.400. The monoisotopic (exact) mass is 233 g/mol. The first-order chi connectivity index (χ1) is 8.28. The summed E-state index contributed by atoms with van der Waals surface area (Å²) in [5, 5.41) is 3.56. The van der Waals surface area contributed by atoms with Gasteiger partial charge in [0.05, 0.1) is 12.8 Å². The zero-order valence-corrected chi connectivity index (χ0v) is 10.1. The molecule has 2 fully saturated rings. The average molecular weight is 233 g/mol. The van der Waals surface area contributed by atoms with Crippen molar-refractivity contribution < 1.29 is 4.74 Å². The van der Waals surface area contributed by atoms with Crippen LogP contribution in [0.15, 0.2) is 12.1 Å². The quantitative estimate of drug-likeness (QED) is 0.819. The molecule has 3 rings (SSSR count). The lowest BCUT2D eigenvalue weighted by atomic mass is 10.1. The van der Waals surface area contributed by atoms with Crippen molar-refractivity contribution in [2.75, 3.05) is 18.2 Å². The highest BCUT2D eigenvalue weighted by molar-refractivity contribution is 5.54. The minimum atomic E-state index is 0.514. The number of nitrogens with zero attached hydrogens (tertiary/aromatic N) is 1. The number of anilines is 2. The van der Waals surface area contributed by atoms with Crippen LogP contribution >= 0.6 is 0 Å². The van der Waals surface area contributed by atoms with Gasteiger partial charge in [0.25, 0.3) is 0 Å². The second-order valence-corrected chi connectivity index (χ2v) is 5.14. The van der Waals surface area contributed by atoms with E-state index >= 15 is 0 Å². The predicted octanol–water partition coefficient (Wildman–Crippen LogP) is 2.27. The van der Waals surface area contributed by atoms with Gasteiger partial charge in [0.1, 0.15) is 5.82 Å². The maximum atomic E-state index is 5.76. The smallest absolute Gasteiger partial charge is 0.238 e. The van der Waals surface area contributed by atoms with E-state index in [4.69, 9.17) is 10.5 Å². The second-order valence-electron chi connectivity index (χ2n) is 5.14. The topological polar surface area (TPSA) is 60.2 Å². The van der Waals surface area contributed by atoms with E-state index < -0.39 is 0 Å². The molecule has 3 N–H and O–H groups in total. The Morgan fingerprint density at radius 1 is 1.29 bits per heavy atom. The lowest BCUT2D eigenvalue weighted by Crippen LogP contribution is -2.24. The third kappa shape index (κ3) is 2.30. The summed E-state index contributed by atoms with van der Waals surface area (Å²) in [5.74, 6) is 3.11. The molecule has 2 aliphatic rings. The Labute approximate surface area is 102 Å². The summed E-state index contributed by atoms with van der Waals surface area (Å²) in [5.41, 5.74) is 6.35. The van der Waals surface area contributed by atoms with E-state index in [-0.39, 0.29) is 0 Å². The van der Waals surface area contributed by atoms with Gasteiger partial charge in [-0.1, -0.05) is 0 Å². The largest absolute Gasteiger partial charge is 0.479 e. The van der Waals surface area contributed by atoms with Crippen molar-refractivity contribution in [2.24, 2.45) is 11.8 Å². The molecule has 1 aromatic heterocycles. The zero-order chi connectivity index (χ0) is 11.8. The average Bonchev–Trinajstić information content (AvgIpc) is 3.18. The Balaban J connectivity index is 1.74. The van der Waals surface area contributed by atoms with Gasteiger partial charge >= 0.3 is 0 Å². The number of pyridine rings is 1. The number of hydrogen-bond acceptors (Lipinski definition) is 4. The van der Waals surface area contributed by atoms with Gasteiger partial charge in [-0.15, -0.1) is 0 Å². The van der Waals surface area contributed by atoms with Crippen molar-refractivity contribution in [1.29, 1.82) is 0 Å². The molecule has 1 heterocycles. The van der Waals surface area contributed by atoms with Crippen LogP contribution in [0.2, 0.25) is 0 Å². The number of nitrogens with two attached hydrogens (primary N) is 1. The minimum absolute atomic E-state index is 0.514. The first kappa shape index (κ1) is 10.7. The van der Waals surface area contributed by atoms with Crippen LogP contribution in [-0.4, -0.2) is 18.1 Å². The highest BCUT2D eigenvalue weighted by atomic mass is 16.5. The number of rotatable bonds is 5. The molecule has 0 unspecified atom stereocenters. The van der Waals surface area contributed by atoms with Gasteiger partial charge in [-0.05, 0) is 49.7 Å². The molecular weight excluding hydrogens is 214 g/mol. The van der Waals surface area contributed by atoms with Gasteiger partial charge in [0.2, 0.25) is 5.88 Å². The summed E-state index contributed by atoms with van der Waals surface area (Å²) in [6, 6.07) is 4.40. The highest BCUT2D eigenvalue weighted by Crippen LogP contribution is 2.45. The van der Waals surface area contributed by atoms with E-state index in [1.807, 2.05) is 12.1 Å². The van der Waals surface area contributed by atoms with Crippen LogP contribution < -0.4 is 15.8 Å². The molecule has 2 saturated carbocycles. The maximum absolute atomic E-state index is 5.76. The van der Waals surface area contributed by atoms with E-state index in [1.165, 1.54) is 25.7 Å². The number of aromatic nitrogens is 1. The standard InChI is InChI=1S/C13H19N3O/c1-17-13-10(14)6-7-11(16-13)15-12(8-2-3-8)9-4-5-9/h6-9,12H,2-5,14H2,1H3,(H,15,16). The van der Waals surface area contributed by atoms with Crippen LogP contribution in [0.25, 0.3) is 0 Å². The van der Waals surface area contributed by atoms with Gasteiger partial charge in [0.15, 0.2) is 0 Å². The molecule has 1 aromatic rings. The summed E-state index contributed by atoms with van der Waals surface area (Å²) in [6.45, 7) is 0. The lowest BCUT2D eigenvalue weighted by Gasteiger charge is -2.18. The third-order valence-electron chi connectivity index (χ3n) is 3.66. The molecule has 0 amide bonds. The van der Waals surface area contributed by atoms with Crippen LogP contribution in [0, 0.1) is 11.8 Å². The fourth-order valence-corrected chi connectivity index (χ4v) is 2.40. The van der Waals surface area contributed by atoms with E-state index in [1.54, 1.807) is 7.11 Å². The second kappa shape index (κ2) is 4.09. The van der Waals surface area contributed by atoms with Crippen molar-refractivity contribution >= 4 is 11.5 Å². The van der Waals surface area contributed by atoms with Crippen LogP contribution in [0.4, 0.5) is 11.5 Å². The Morgan fingerprint density at radius 3 is 2.47 bits per heavy atom. The Hall–Kier alpha value is -1.45. The molecular formula is C13H19N3O. The van der Waals surface area contributed by atoms with Gasteiger partial charge in [0, 0.05) is 6.04 Å². The Morgan fingerprint density at radius 2 is 1.94 bits per heavy atom. The van der Waals surface area contributed by atoms with Crippen LogP contribution in [0.1, 0.15) is 25.7 Å². The number of nitrogen functional groups attached to an aromatic ring is 1. The fourth-order valence-electron chi connectivity index (χ4n) is 2.40. The molecule has 4 nitrogen and oxygen atoms in total. The Kier molecular flexibility index (Phi) is 2.57. The van der Waals surface area contributed by atoms with E-state index in [9.17, 15) is 0 Å². The van der Waals surface area contributed by atoms with E-state index in [0.29, 0.717) is 17.6 Å². The molecule has 0 atom stereocenters.